The van der Waals surface area contributed by atoms with Gasteiger partial charge in [0.1, 0.15) is 0 Å². The zero-order valence-electron chi connectivity index (χ0n) is 10.6. The van der Waals surface area contributed by atoms with Gasteiger partial charge in [-0.05, 0) is 19.3 Å². The number of hydrogen-bond acceptors (Lipinski definition) is 4. The van der Waals surface area contributed by atoms with E-state index in [0.29, 0.717) is 5.92 Å². The van der Waals surface area contributed by atoms with Crippen LogP contribution in [0.2, 0.25) is 0 Å². The molecular weight excluding hydrogens is 202 g/mol. The Morgan fingerprint density at radius 3 is 2.62 bits per heavy atom. The first kappa shape index (κ1) is 12.9. The Labute approximate surface area is 97.3 Å². The molecule has 16 heavy (non-hydrogen) atoms. The number of aryl methyl sites for hydroxylation is 1. The lowest BCUT2D eigenvalue weighted by atomic mass is 10.1. The van der Waals surface area contributed by atoms with Crippen molar-refractivity contribution in [3.8, 4) is 0 Å². The summed E-state index contributed by atoms with van der Waals surface area (Å²) in [4.78, 5) is 10.7. The third-order valence-electron chi connectivity index (χ3n) is 2.62. The first-order valence-corrected chi connectivity index (χ1v) is 5.69. The Hall–Kier alpha value is -1.16. The van der Waals surface area contributed by atoms with Crippen molar-refractivity contribution >= 4 is 5.95 Å². The van der Waals surface area contributed by atoms with Crippen LogP contribution in [-0.2, 0) is 6.61 Å². The van der Waals surface area contributed by atoms with Crippen molar-refractivity contribution in [3.63, 3.8) is 0 Å². The molecule has 4 nitrogen and oxygen atoms in total. The molecule has 1 aromatic heterocycles. The molecule has 0 spiro atoms. The molecule has 0 aliphatic heterocycles. The van der Waals surface area contributed by atoms with E-state index in [9.17, 15) is 0 Å². The molecule has 0 amide bonds. The summed E-state index contributed by atoms with van der Waals surface area (Å²) in [6.45, 7) is 7.26. The summed E-state index contributed by atoms with van der Waals surface area (Å²) in [5, 5.41) is 9.03. The predicted molar refractivity (Wildman–Crippen MR) is 65.4 cm³/mol. The zero-order chi connectivity index (χ0) is 12.1. The fraction of sp³-hybridized carbons (Fsp3) is 0.667. The Kier molecular flexibility index (Phi) is 4.68. The Morgan fingerprint density at radius 1 is 1.44 bits per heavy atom. The minimum Gasteiger partial charge on any atom is -0.392 e. The molecular formula is C12H21N3O. The summed E-state index contributed by atoms with van der Waals surface area (Å²) in [6.07, 6.45) is 2.82. The van der Waals surface area contributed by atoms with Gasteiger partial charge in [-0.25, -0.2) is 9.97 Å². The van der Waals surface area contributed by atoms with Crippen LogP contribution >= 0.6 is 0 Å². The monoisotopic (exact) mass is 223 g/mol. The van der Waals surface area contributed by atoms with E-state index in [2.05, 4.69) is 23.8 Å². The SMILES string of the molecule is Cc1nc(N(C)CCC(C)C)ncc1CO. The van der Waals surface area contributed by atoms with E-state index >= 15 is 0 Å². The van der Waals surface area contributed by atoms with Crippen molar-refractivity contribution in [2.24, 2.45) is 5.92 Å². The average molecular weight is 223 g/mol. The van der Waals surface area contributed by atoms with Crippen LogP contribution in [-0.4, -0.2) is 28.7 Å². The van der Waals surface area contributed by atoms with Crippen molar-refractivity contribution in [2.75, 3.05) is 18.5 Å². The molecule has 0 aromatic carbocycles. The van der Waals surface area contributed by atoms with Crippen LogP contribution in [0.15, 0.2) is 6.20 Å². The first-order chi connectivity index (χ1) is 7.54. The molecule has 90 valence electrons. The maximum Gasteiger partial charge on any atom is 0.225 e. The van der Waals surface area contributed by atoms with Gasteiger partial charge < -0.3 is 10.0 Å². The van der Waals surface area contributed by atoms with Gasteiger partial charge in [-0.15, -0.1) is 0 Å². The van der Waals surface area contributed by atoms with E-state index in [1.807, 2.05) is 18.9 Å². The van der Waals surface area contributed by atoms with E-state index in [1.165, 1.54) is 0 Å². The fourth-order valence-electron chi connectivity index (χ4n) is 1.37. The molecule has 1 aromatic rings. The standard InChI is InChI=1S/C12H21N3O/c1-9(2)5-6-15(4)12-13-7-11(8-16)10(3)14-12/h7,9,16H,5-6,8H2,1-4H3. The minimum atomic E-state index is 0.00181. The van der Waals surface area contributed by atoms with Crippen molar-refractivity contribution < 1.29 is 5.11 Å². The number of rotatable bonds is 5. The van der Waals surface area contributed by atoms with Crippen LogP contribution in [0, 0.1) is 12.8 Å². The van der Waals surface area contributed by atoms with E-state index in [0.717, 1.165) is 30.2 Å². The van der Waals surface area contributed by atoms with Gasteiger partial charge in [0, 0.05) is 31.0 Å². The van der Waals surface area contributed by atoms with Crippen LogP contribution in [0.25, 0.3) is 0 Å². The van der Waals surface area contributed by atoms with Crippen LogP contribution in [0.4, 0.5) is 5.95 Å². The molecule has 0 aliphatic carbocycles. The lowest BCUT2D eigenvalue weighted by molar-refractivity contribution is 0.280. The van der Waals surface area contributed by atoms with Gasteiger partial charge in [-0.1, -0.05) is 13.8 Å². The molecule has 1 rings (SSSR count). The van der Waals surface area contributed by atoms with Gasteiger partial charge in [-0.3, -0.25) is 0 Å². The lowest BCUT2D eigenvalue weighted by Gasteiger charge is -2.18. The third-order valence-corrected chi connectivity index (χ3v) is 2.62. The quantitative estimate of drug-likeness (QED) is 0.826. The maximum atomic E-state index is 9.03. The van der Waals surface area contributed by atoms with E-state index in [4.69, 9.17) is 5.11 Å². The largest absolute Gasteiger partial charge is 0.392 e. The highest BCUT2D eigenvalue weighted by molar-refractivity contribution is 5.31. The normalized spacial score (nSPS) is 10.9. The number of nitrogens with zero attached hydrogens (tertiary/aromatic N) is 3. The molecule has 0 fully saturated rings. The topological polar surface area (TPSA) is 49.2 Å². The second-order valence-corrected chi connectivity index (χ2v) is 4.54. The fourth-order valence-corrected chi connectivity index (χ4v) is 1.37. The number of aliphatic hydroxyl groups is 1. The molecule has 1 heterocycles. The van der Waals surface area contributed by atoms with Crippen LogP contribution in [0.5, 0.6) is 0 Å². The van der Waals surface area contributed by atoms with Gasteiger partial charge >= 0.3 is 0 Å². The number of aliphatic hydroxyl groups excluding tert-OH is 1. The average Bonchev–Trinajstić information content (AvgIpc) is 2.25. The summed E-state index contributed by atoms with van der Waals surface area (Å²) in [7, 11) is 2.00. The molecule has 0 saturated heterocycles. The van der Waals surface area contributed by atoms with Gasteiger partial charge in [0.25, 0.3) is 0 Å². The molecule has 0 saturated carbocycles. The summed E-state index contributed by atoms with van der Waals surface area (Å²) >= 11 is 0. The zero-order valence-corrected chi connectivity index (χ0v) is 10.6. The van der Waals surface area contributed by atoms with Gasteiger partial charge in [0.2, 0.25) is 5.95 Å². The van der Waals surface area contributed by atoms with Crippen molar-refractivity contribution in [1.29, 1.82) is 0 Å². The molecule has 0 atom stereocenters. The van der Waals surface area contributed by atoms with Gasteiger partial charge in [-0.2, -0.15) is 0 Å². The predicted octanol–water partition coefficient (Wildman–Crippen LogP) is 1.76. The summed E-state index contributed by atoms with van der Waals surface area (Å²) in [5.41, 5.74) is 1.64. The maximum absolute atomic E-state index is 9.03. The number of anilines is 1. The Morgan fingerprint density at radius 2 is 2.12 bits per heavy atom. The van der Waals surface area contributed by atoms with Crippen LogP contribution < -0.4 is 4.90 Å². The lowest BCUT2D eigenvalue weighted by Crippen LogP contribution is -2.22. The molecule has 0 aliphatic rings. The molecule has 0 bridgehead atoms. The van der Waals surface area contributed by atoms with Crippen LogP contribution in [0.3, 0.4) is 0 Å². The second-order valence-electron chi connectivity index (χ2n) is 4.54. The Bertz CT molecular complexity index is 339. The summed E-state index contributed by atoms with van der Waals surface area (Å²) < 4.78 is 0. The Balaban J connectivity index is 2.69. The summed E-state index contributed by atoms with van der Waals surface area (Å²) in [6, 6.07) is 0. The van der Waals surface area contributed by atoms with Crippen molar-refractivity contribution in [1.82, 2.24) is 9.97 Å². The smallest absolute Gasteiger partial charge is 0.225 e. The molecule has 4 heteroatoms. The minimum absolute atomic E-state index is 0.00181. The van der Waals surface area contributed by atoms with Crippen molar-refractivity contribution in [2.45, 2.75) is 33.8 Å². The van der Waals surface area contributed by atoms with Crippen molar-refractivity contribution in [3.05, 3.63) is 17.5 Å². The molecule has 0 unspecified atom stereocenters. The second kappa shape index (κ2) is 5.80. The molecule has 0 radical (unpaired) electrons. The number of hydrogen-bond donors (Lipinski definition) is 1. The first-order valence-electron chi connectivity index (χ1n) is 5.69. The number of aromatic nitrogens is 2. The highest BCUT2D eigenvalue weighted by Gasteiger charge is 2.07. The third kappa shape index (κ3) is 3.45. The van der Waals surface area contributed by atoms with E-state index < -0.39 is 0 Å². The highest BCUT2D eigenvalue weighted by atomic mass is 16.3. The van der Waals surface area contributed by atoms with E-state index in [1.54, 1.807) is 6.20 Å². The highest BCUT2D eigenvalue weighted by Crippen LogP contribution is 2.11. The molecule has 1 N–H and O–H groups in total. The summed E-state index contributed by atoms with van der Waals surface area (Å²) in [5.74, 6) is 1.41. The van der Waals surface area contributed by atoms with Gasteiger partial charge in [0.05, 0.1) is 6.61 Å². The van der Waals surface area contributed by atoms with Crippen LogP contribution in [0.1, 0.15) is 31.5 Å². The van der Waals surface area contributed by atoms with Gasteiger partial charge in [0.15, 0.2) is 0 Å². The van der Waals surface area contributed by atoms with E-state index in [-0.39, 0.29) is 6.61 Å².